The van der Waals surface area contributed by atoms with Crippen molar-refractivity contribution in [3.63, 3.8) is 0 Å². The molecule has 3 heteroatoms. The molecule has 0 atom stereocenters. The van der Waals surface area contributed by atoms with E-state index >= 15 is 0 Å². The Hall–Kier alpha value is 0.660. The average molecular weight is 298 g/mol. The van der Waals surface area contributed by atoms with Gasteiger partial charge in [0.25, 0.3) is 0 Å². The molecule has 0 unspecified atom stereocenters. The Morgan fingerprint density at radius 1 is 1.55 bits per heavy atom. The van der Waals surface area contributed by atoms with Crippen molar-refractivity contribution in [1.82, 2.24) is 0 Å². The maximum atomic E-state index is 3.55. The molecule has 0 radical (unpaired) electrons. The summed E-state index contributed by atoms with van der Waals surface area (Å²) in [6.07, 6.45) is 2.40. The lowest BCUT2D eigenvalue weighted by Gasteiger charge is -1.97. The summed E-state index contributed by atoms with van der Waals surface area (Å²) in [6, 6.07) is 0. The highest BCUT2D eigenvalue weighted by Crippen LogP contribution is 2.28. The fraction of sp³-hybridized carbons (Fsp3) is 0.500. The zero-order valence-corrected chi connectivity index (χ0v) is 10.4. The van der Waals surface area contributed by atoms with E-state index in [0.29, 0.717) is 0 Å². The van der Waals surface area contributed by atoms with Crippen molar-refractivity contribution in [2.75, 3.05) is 5.33 Å². The van der Waals surface area contributed by atoms with Crippen molar-refractivity contribution >= 4 is 43.2 Å². The Morgan fingerprint density at radius 2 is 2.27 bits per heavy atom. The fourth-order valence-electron chi connectivity index (χ4n) is 0.976. The third kappa shape index (κ3) is 2.56. The molecule has 11 heavy (non-hydrogen) atoms. The van der Waals surface area contributed by atoms with Crippen molar-refractivity contribution in [3.05, 3.63) is 20.3 Å². The van der Waals surface area contributed by atoms with Gasteiger partial charge >= 0.3 is 0 Å². The van der Waals surface area contributed by atoms with Gasteiger partial charge in [0, 0.05) is 5.33 Å². The van der Waals surface area contributed by atoms with Gasteiger partial charge in [0.15, 0.2) is 0 Å². The summed E-state index contributed by atoms with van der Waals surface area (Å²) in [6.45, 7) is 2.17. The van der Waals surface area contributed by atoms with Gasteiger partial charge in [-0.05, 0) is 52.2 Å². The van der Waals surface area contributed by atoms with E-state index in [0.717, 1.165) is 5.33 Å². The van der Waals surface area contributed by atoms with E-state index in [-0.39, 0.29) is 0 Å². The Labute approximate surface area is 88.3 Å². The van der Waals surface area contributed by atoms with Gasteiger partial charge in [0.2, 0.25) is 0 Å². The molecule has 62 valence electrons. The minimum absolute atomic E-state index is 1.09. The number of alkyl halides is 1. The van der Waals surface area contributed by atoms with Crippen LogP contribution in [-0.4, -0.2) is 5.33 Å². The van der Waals surface area contributed by atoms with E-state index in [1.807, 2.05) is 0 Å². The maximum absolute atomic E-state index is 3.55. The SMILES string of the molecule is Cc1csc(Br)c1CCCBr. The van der Waals surface area contributed by atoms with Crippen LogP contribution in [0.1, 0.15) is 17.5 Å². The molecule has 0 saturated heterocycles. The molecule has 0 bridgehead atoms. The molecule has 0 aromatic carbocycles. The van der Waals surface area contributed by atoms with E-state index in [1.165, 1.54) is 27.8 Å². The molecule has 0 saturated carbocycles. The van der Waals surface area contributed by atoms with Crippen LogP contribution in [0, 0.1) is 6.92 Å². The maximum Gasteiger partial charge on any atom is 0.0733 e. The van der Waals surface area contributed by atoms with Crippen molar-refractivity contribution in [3.8, 4) is 0 Å². The van der Waals surface area contributed by atoms with Crippen LogP contribution in [-0.2, 0) is 6.42 Å². The Kier molecular flexibility index (Phi) is 4.10. The van der Waals surface area contributed by atoms with Crippen LogP contribution >= 0.6 is 43.2 Å². The second-order valence-corrected chi connectivity index (χ2v) is 5.45. The molecule has 1 heterocycles. The summed E-state index contributed by atoms with van der Waals surface area (Å²) >= 11 is 8.77. The largest absolute Gasteiger partial charge is 0.136 e. The summed E-state index contributed by atoms with van der Waals surface area (Å²) in [5.41, 5.74) is 2.90. The van der Waals surface area contributed by atoms with Gasteiger partial charge in [-0.25, -0.2) is 0 Å². The molecule has 0 nitrogen and oxygen atoms in total. The number of rotatable bonds is 3. The molecule has 0 amide bonds. The fourth-order valence-corrected chi connectivity index (χ4v) is 2.88. The van der Waals surface area contributed by atoms with Gasteiger partial charge in [0.05, 0.1) is 3.79 Å². The smallest absolute Gasteiger partial charge is 0.0733 e. The average Bonchev–Trinajstić information content (AvgIpc) is 2.29. The number of thiophene rings is 1. The second kappa shape index (κ2) is 4.63. The van der Waals surface area contributed by atoms with Crippen LogP contribution in [0.25, 0.3) is 0 Å². The van der Waals surface area contributed by atoms with E-state index in [2.05, 4.69) is 44.2 Å². The highest BCUT2D eigenvalue weighted by molar-refractivity contribution is 9.11. The van der Waals surface area contributed by atoms with Crippen LogP contribution in [0.4, 0.5) is 0 Å². The highest BCUT2D eigenvalue weighted by atomic mass is 79.9. The predicted octanol–water partition coefficient (Wildman–Crippen LogP) is 4.15. The number of hydrogen-bond donors (Lipinski definition) is 0. The summed E-state index contributed by atoms with van der Waals surface area (Å²) in [4.78, 5) is 0. The van der Waals surface area contributed by atoms with Gasteiger partial charge in [-0.3, -0.25) is 0 Å². The molecular formula is C8H10Br2S. The highest BCUT2D eigenvalue weighted by Gasteiger charge is 2.04. The van der Waals surface area contributed by atoms with Crippen molar-refractivity contribution in [2.24, 2.45) is 0 Å². The monoisotopic (exact) mass is 296 g/mol. The first-order chi connectivity index (χ1) is 5.25. The lowest BCUT2D eigenvalue weighted by atomic mass is 10.1. The lowest BCUT2D eigenvalue weighted by Crippen LogP contribution is -1.86. The lowest BCUT2D eigenvalue weighted by molar-refractivity contribution is 0.932. The predicted molar refractivity (Wildman–Crippen MR) is 58.9 cm³/mol. The Balaban J connectivity index is 2.67. The third-order valence-corrected chi connectivity index (χ3v) is 4.14. The molecule has 0 spiro atoms. The molecule has 0 aliphatic carbocycles. The molecule has 0 N–H and O–H groups in total. The minimum atomic E-state index is 1.09. The molecule has 1 rings (SSSR count). The van der Waals surface area contributed by atoms with Crippen molar-refractivity contribution < 1.29 is 0 Å². The zero-order valence-electron chi connectivity index (χ0n) is 6.36. The zero-order chi connectivity index (χ0) is 8.27. The van der Waals surface area contributed by atoms with Crippen LogP contribution in [0.5, 0.6) is 0 Å². The van der Waals surface area contributed by atoms with Gasteiger partial charge in [-0.2, -0.15) is 0 Å². The van der Waals surface area contributed by atoms with Crippen molar-refractivity contribution in [1.29, 1.82) is 0 Å². The van der Waals surface area contributed by atoms with E-state index < -0.39 is 0 Å². The minimum Gasteiger partial charge on any atom is -0.136 e. The summed E-state index contributed by atoms with van der Waals surface area (Å²) < 4.78 is 1.30. The van der Waals surface area contributed by atoms with Crippen LogP contribution < -0.4 is 0 Å². The summed E-state index contributed by atoms with van der Waals surface area (Å²) in [5, 5.41) is 3.29. The second-order valence-electron chi connectivity index (χ2n) is 2.46. The van der Waals surface area contributed by atoms with Gasteiger partial charge in [0.1, 0.15) is 0 Å². The summed E-state index contributed by atoms with van der Waals surface area (Å²) in [7, 11) is 0. The number of hydrogen-bond acceptors (Lipinski definition) is 1. The number of aryl methyl sites for hydroxylation is 1. The van der Waals surface area contributed by atoms with Crippen molar-refractivity contribution in [2.45, 2.75) is 19.8 Å². The van der Waals surface area contributed by atoms with Gasteiger partial charge in [-0.15, -0.1) is 11.3 Å². The van der Waals surface area contributed by atoms with Gasteiger partial charge < -0.3 is 0 Å². The third-order valence-electron chi connectivity index (χ3n) is 1.61. The molecule has 0 fully saturated rings. The molecule has 1 aromatic heterocycles. The van der Waals surface area contributed by atoms with Gasteiger partial charge in [-0.1, -0.05) is 15.9 Å². The molecule has 0 aliphatic heterocycles. The molecule has 1 aromatic rings. The standard InChI is InChI=1S/C8H10Br2S/c1-6-5-11-8(10)7(6)3-2-4-9/h5H,2-4H2,1H3. The van der Waals surface area contributed by atoms with Crippen LogP contribution in [0.3, 0.4) is 0 Å². The normalized spacial score (nSPS) is 10.5. The Bertz CT molecular complexity index is 210. The van der Waals surface area contributed by atoms with E-state index in [4.69, 9.17) is 0 Å². The molecular weight excluding hydrogens is 288 g/mol. The first-order valence-electron chi connectivity index (χ1n) is 3.54. The van der Waals surface area contributed by atoms with Crippen LogP contribution in [0.2, 0.25) is 0 Å². The number of halogens is 2. The van der Waals surface area contributed by atoms with E-state index in [1.54, 1.807) is 11.3 Å². The Morgan fingerprint density at radius 3 is 2.73 bits per heavy atom. The van der Waals surface area contributed by atoms with E-state index in [9.17, 15) is 0 Å². The summed E-state index contributed by atoms with van der Waals surface area (Å²) in [5.74, 6) is 0. The first kappa shape index (κ1) is 9.75. The topological polar surface area (TPSA) is 0 Å². The molecule has 0 aliphatic rings. The quantitative estimate of drug-likeness (QED) is 0.736. The first-order valence-corrected chi connectivity index (χ1v) is 6.33. The van der Waals surface area contributed by atoms with Crippen LogP contribution in [0.15, 0.2) is 9.17 Å².